The molecule has 1 unspecified atom stereocenters. The summed E-state index contributed by atoms with van der Waals surface area (Å²) >= 11 is 0. The van der Waals surface area contributed by atoms with Crippen molar-refractivity contribution in [3.05, 3.63) is 0 Å². The molecule has 0 N–H and O–H groups in total. The van der Waals surface area contributed by atoms with E-state index in [4.69, 9.17) is 18.5 Å². The van der Waals surface area contributed by atoms with Crippen LogP contribution in [-0.4, -0.2) is 70.7 Å². The van der Waals surface area contributed by atoms with Crippen LogP contribution in [0.5, 0.6) is 0 Å². The van der Waals surface area contributed by atoms with Crippen LogP contribution >= 0.6 is 7.82 Å². The first-order chi connectivity index (χ1) is 23.1. The molecule has 0 aromatic carbocycles. The van der Waals surface area contributed by atoms with E-state index in [0.29, 0.717) is 24.1 Å². The fraction of sp³-hybridized carbons (Fsp3) is 0.974. The second kappa shape index (κ2) is 33.6. The lowest BCUT2D eigenvalue weighted by atomic mass is 10.0. The van der Waals surface area contributed by atoms with E-state index in [0.717, 1.165) is 32.1 Å². The van der Waals surface area contributed by atoms with Crippen LogP contribution in [0, 0.1) is 0 Å². The molecule has 0 heterocycles. The average molecular weight is 706 g/mol. The van der Waals surface area contributed by atoms with Gasteiger partial charge in [0.1, 0.15) is 19.3 Å². The summed E-state index contributed by atoms with van der Waals surface area (Å²) in [5.74, 6) is -0.331. The van der Waals surface area contributed by atoms with Crippen LogP contribution in [0.4, 0.5) is 0 Å². The number of unbranched alkanes of at least 4 members (excludes halogenated alkanes) is 24. The van der Waals surface area contributed by atoms with Crippen LogP contribution in [0.2, 0.25) is 0 Å². The maximum atomic E-state index is 12.6. The van der Waals surface area contributed by atoms with Crippen LogP contribution in [-0.2, 0) is 27.9 Å². The summed E-state index contributed by atoms with van der Waals surface area (Å²) in [4.78, 5) is 24.9. The molecule has 2 atom stereocenters. The first kappa shape index (κ1) is 47.5. The topological polar surface area (TPSA) is 94.1 Å². The normalized spacial score (nSPS) is 13.9. The van der Waals surface area contributed by atoms with Crippen LogP contribution in [0.3, 0.4) is 0 Å². The molecule has 0 bridgehead atoms. The SMILES string of the molecule is CCCCCCCCCCCCCCCCOC[C@H](COP(=O)([O-])OCC[N+](C)(C)C)OC(=O)CCCCCCCCCCCCCC. The van der Waals surface area contributed by atoms with Gasteiger partial charge in [-0.15, -0.1) is 0 Å². The largest absolute Gasteiger partial charge is 0.756 e. The monoisotopic (exact) mass is 706 g/mol. The molecule has 0 radical (unpaired) electrons. The van der Waals surface area contributed by atoms with Gasteiger partial charge in [-0.25, -0.2) is 0 Å². The molecule has 0 amide bonds. The van der Waals surface area contributed by atoms with Crippen molar-refractivity contribution >= 4 is 13.8 Å². The van der Waals surface area contributed by atoms with E-state index in [1.807, 2.05) is 21.1 Å². The van der Waals surface area contributed by atoms with Crippen LogP contribution in [0.25, 0.3) is 0 Å². The molecule has 0 aliphatic carbocycles. The molecule has 0 fully saturated rings. The van der Waals surface area contributed by atoms with Crippen molar-refractivity contribution in [2.24, 2.45) is 0 Å². The Bertz CT molecular complexity index is 746. The molecular weight excluding hydrogens is 625 g/mol. The van der Waals surface area contributed by atoms with Crippen molar-refractivity contribution in [1.29, 1.82) is 0 Å². The average Bonchev–Trinajstić information content (AvgIpc) is 3.03. The zero-order chi connectivity index (χ0) is 35.6. The molecule has 48 heavy (non-hydrogen) atoms. The van der Waals surface area contributed by atoms with Gasteiger partial charge in [0.25, 0.3) is 7.82 Å². The van der Waals surface area contributed by atoms with E-state index in [9.17, 15) is 14.3 Å². The van der Waals surface area contributed by atoms with Crippen molar-refractivity contribution in [2.45, 2.75) is 193 Å². The van der Waals surface area contributed by atoms with Crippen molar-refractivity contribution in [2.75, 3.05) is 54.1 Å². The highest BCUT2D eigenvalue weighted by molar-refractivity contribution is 7.45. The zero-order valence-electron chi connectivity index (χ0n) is 32.5. The number of ether oxygens (including phenoxy) is 2. The van der Waals surface area contributed by atoms with Crippen LogP contribution in [0.1, 0.15) is 187 Å². The van der Waals surface area contributed by atoms with E-state index in [1.165, 1.54) is 135 Å². The number of likely N-dealkylation sites (N-methyl/N-ethyl adjacent to an activating group) is 1. The van der Waals surface area contributed by atoms with Crippen LogP contribution in [0.15, 0.2) is 0 Å². The number of hydrogen-bond donors (Lipinski definition) is 0. The fourth-order valence-electron chi connectivity index (χ4n) is 5.72. The van der Waals surface area contributed by atoms with Gasteiger partial charge < -0.3 is 27.9 Å². The maximum absolute atomic E-state index is 12.6. The van der Waals surface area contributed by atoms with Crippen LogP contribution < -0.4 is 4.89 Å². The molecule has 0 aliphatic heterocycles. The molecule has 0 saturated heterocycles. The standard InChI is InChI=1S/C39H80NO7P/c1-6-8-10-12-14-16-18-20-21-23-25-27-29-31-34-44-36-38(37-46-48(42,43)45-35-33-40(3,4)5)47-39(41)32-30-28-26-24-22-19-17-15-13-11-9-7-2/h38H,6-37H2,1-5H3/t38-/m1/s1. The number of phosphoric ester groups is 1. The highest BCUT2D eigenvalue weighted by Crippen LogP contribution is 2.38. The van der Waals surface area contributed by atoms with Gasteiger partial charge in [-0.2, -0.15) is 0 Å². The Morgan fingerprint density at radius 1 is 0.562 bits per heavy atom. The van der Waals surface area contributed by atoms with Crippen molar-refractivity contribution in [3.8, 4) is 0 Å². The summed E-state index contributed by atoms with van der Waals surface area (Å²) in [7, 11) is 1.37. The Balaban J connectivity index is 4.23. The number of rotatable bonds is 38. The van der Waals surface area contributed by atoms with Gasteiger partial charge in [0.15, 0.2) is 0 Å². The minimum Gasteiger partial charge on any atom is -0.756 e. The molecule has 0 spiro atoms. The number of carbonyl (C=O) groups is 1. The summed E-state index contributed by atoms with van der Waals surface area (Å²) < 4.78 is 34.5. The fourth-order valence-corrected chi connectivity index (χ4v) is 6.45. The third-order valence-electron chi connectivity index (χ3n) is 8.91. The zero-order valence-corrected chi connectivity index (χ0v) is 33.4. The molecule has 0 aromatic rings. The van der Waals surface area contributed by atoms with Gasteiger partial charge in [0.2, 0.25) is 0 Å². The van der Waals surface area contributed by atoms with E-state index in [1.54, 1.807) is 0 Å². The van der Waals surface area contributed by atoms with Gasteiger partial charge in [-0.05, 0) is 12.8 Å². The van der Waals surface area contributed by atoms with E-state index in [-0.39, 0.29) is 25.8 Å². The highest BCUT2D eigenvalue weighted by Gasteiger charge is 2.20. The summed E-state index contributed by atoms with van der Waals surface area (Å²) in [5.41, 5.74) is 0. The lowest BCUT2D eigenvalue weighted by Crippen LogP contribution is -2.37. The number of hydrogen-bond acceptors (Lipinski definition) is 7. The molecule has 0 aliphatic rings. The predicted molar refractivity (Wildman–Crippen MR) is 199 cm³/mol. The Hall–Kier alpha value is -0.500. The Morgan fingerprint density at radius 2 is 0.958 bits per heavy atom. The molecule has 8 nitrogen and oxygen atoms in total. The minimum atomic E-state index is -4.51. The number of nitrogens with zero attached hydrogens (tertiary/aromatic N) is 1. The van der Waals surface area contributed by atoms with Crippen molar-refractivity contribution in [1.82, 2.24) is 0 Å². The van der Waals surface area contributed by atoms with E-state index >= 15 is 0 Å². The van der Waals surface area contributed by atoms with Crippen molar-refractivity contribution < 1.29 is 37.3 Å². The predicted octanol–water partition coefficient (Wildman–Crippen LogP) is 10.7. The first-order valence-corrected chi connectivity index (χ1v) is 21.7. The summed E-state index contributed by atoms with van der Waals surface area (Å²) in [6, 6.07) is 0. The lowest BCUT2D eigenvalue weighted by Gasteiger charge is -2.28. The molecular formula is C39H80NO7P. The lowest BCUT2D eigenvalue weighted by molar-refractivity contribution is -0.870. The molecule has 288 valence electrons. The smallest absolute Gasteiger partial charge is 0.306 e. The van der Waals surface area contributed by atoms with E-state index < -0.39 is 13.9 Å². The van der Waals surface area contributed by atoms with Gasteiger partial charge in [0, 0.05) is 13.0 Å². The summed E-state index contributed by atoms with van der Waals surface area (Å²) in [5, 5.41) is 0. The quantitative estimate of drug-likeness (QED) is 0.0273. The number of carbonyl (C=O) groups excluding carboxylic acids is 1. The minimum absolute atomic E-state index is 0.0311. The molecule has 0 saturated carbocycles. The van der Waals surface area contributed by atoms with Crippen molar-refractivity contribution in [3.63, 3.8) is 0 Å². The third kappa shape index (κ3) is 36.8. The van der Waals surface area contributed by atoms with Gasteiger partial charge >= 0.3 is 5.97 Å². The number of quaternary nitrogens is 1. The van der Waals surface area contributed by atoms with E-state index in [2.05, 4.69) is 13.8 Å². The Labute approximate surface area is 298 Å². The Kier molecular flexibility index (Phi) is 33.3. The molecule has 0 rings (SSSR count). The van der Waals surface area contributed by atoms with Gasteiger partial charge in [-0.1, -0.05) is 168 Å². The number of phosphoric acid groups is 1. The first-order valence-electron chi connectivity index (χ1n) is 20.3. The highest BCUT2D eigenvalue weighted by atomic mass is 31.2. The van der Waals surface area contributed by atoms with Gasteiger partial charge in [-0.3, -0.25) is 9.36 Å². The third-order valence-corrected chi connectivity index (χ3v) is 9.87. The second-order valence-electron chi connectivity index (χ2n) is 15.0. The molecule has 0 aromatic heterocycles. The summed E-state index contributed by atoms with van der Waals surface area (Å²) in [6.45, 7) is 5.44. The maximum Gasteiger partial charge on any atom is 0.306 e. The summed E-state index contributed by atoms with van der Waals surface area (Å²) in [6.07, 6.45) is 32.4. The Morgan fingerprint density at radius 3 is 1.38 bits per heavy atom. The van der Waals surface area contributed by atoms with Gasteiger partial charge in [0.05, 0.1) is 34.4 Å². The number of esters is 1. The molecule has 9 heteroatoms. The second-order valence-corrected chi connectivity index (χ2v) is 16.4.